The number of carbonyl (C=O) groups is 1. The summed E-state index contributed by atoms with van der Waals surface area (Å²) in [5, 5.41) is 18.0. The summed E-state index contributed by atoms with van der Waals surface area (Å²) in [6, 6.07) is 21.7. The molecule has 0 spiro atoms. The fourth-order valence-electron chi connectivity index (χ4n) is 4.49. The highest BCUT2D eigenvalue weighted by molar-refractivity contribution is 6.42. The molecule has 1 amide bonds. The normalized spacial score (nSPS) is 15.4. The van der Waals surface area contributed by atoms with E-state index in [9.17, 15) is 9.90 Å². The SMILES string of the molecule is CC(=O)Nc1cc(-c2ccccc2)ccc1OC[C@H](O)CNC1CCN(Cc2ccc(Cl)c(Cl)c2)CC1. The number of ether oxygens (including phenoxy) is 1. The average molecular weight is 543 g/mol. The third kappa shape index (κ3) is 8.19. The van der Waals surface area contributed by atoms with E-state index in [1.54, 1.807) is 0 Å². The van der Waals surface area contributed by atoms with Crippen LogP contribution in [-0.2, 0) is 11.3 Å². The Balaban J connectivity index is 1.23. The van der Waals surface area contributed by atoms with E-state index in [4.69, 9.17) is 27.9 Å². The van der Waals surface area contributed by atoms with Crippen LogP contribution in [0.4, 0.5) is 5.69 Å². The van der Waals surface area contributed by atoms with Crippen LogP contribution in [-0.4, -0.2) is 54.3 Å². The summed E-state index contributed by atoms with van der Waals surface area (Å²) in [5.41, 5.74) is 3.77. The Bertz CT molecular complexity index is 1180. The van der Waals surface area contributed by atoms with Crippen molar-refractivity contribution in [1.29, 1.82) is 0 Å². The molecule has 0 aliphatic carbocycles. The first-order valence-corrected chi connectivity index (χ1v) is 13.3. The maximum atomic E-state index is 11.7. The largest absolute Gasteiger partial charge is 0.489 e. The van der Waals surface area contributed by atoms with Crippen molar-refractivity contribution in [3.8, 4) is 16.9 Å². The summed E-state index contributed by atoms with van der Waals surface area (Å²) in [6.45, 7) is 4.82. The van der Waals surface area contributed by atoms with Crippen LogP contribution in [0.5, 0.6) is 5.75 Å². The second-order valence-corrected chi connectivity index (χ2v) is 10.2. The number of carbonyl (C=O) groups excluding carboxylic acids is 1. The monoisotopic (exact) mass is 541 g/mol. The topological polar surface area (TPSA) is 73.8 Å². The molecule has 3 aromatic rings. The lowest BCUT2D eigenvalue weighted by molar-refractivity contribution is -0.114. The van der Waals surface area contributed by atoms with E-state index in [1.807, 2.05) is 66.7 Å². The molecule has 37 heavy (non-hydrogen) atoms. The van der Waals surface area contributed by atoms with Gasteiger partial charge in [0.25, 0.3) is 0 Å². The summed E-state index contributed by atoms with van der Waals surface area (Å²) in [4.78, 5) is 14.1. The molecule has 3 aromatic carbocycles. The minimum atomic E-state index is -0.673. The van der Waals surface area contributed by atoms with Crippen molar-refractivity contribution in [1.82, 2.24) is 10.2 Å². The van der Waals surface area contributed by atoms with Crippen LogP contribution in [0.2, 0.25) is 10.0 Å². The van der Waals surface area contributed by atoms with Gasteiger partial charge in [0.15, 0.2) is 0 Å². The highest BCUT2D eigenvalue weighted by Crippen LogP contribution is 2.31. The fraction of sp³-hybridized carbons (Fsp3) is 0.345. The van der Waals surface area contributed by atoms with Crippen LogP contribution >= 0.6 is 23.2 Å². The number of amides is 1. The van der Waals surface area contributed by atoms with E-state index in [0.29, 0.717) is 34.1 Å². The molecule has 1 saturated heterocycles. The molecular formula is C29H33Cl2N3O3. The van der Waals surface area contributed by atoms with Crippen molar-refractivity contribution in [2.24, 2.45) is 0 Å². The van der Waals surface area contributed by atoms with Gasteiger partial charge in [0, 0.05) is 26.1 Å². The molecule has 1 fully saturated rings. The third-order valence-corrected chi connectivity index (χ3v) is 7.19. The van der Waals surface area contributed by atoms with E-state index in [0.717, 1.165) is 49.2 Å². The predicted octanol–water partition coefficient (Wildman–Crippen LogP) is 5.61. The van der Waals surface area contributed by atoms with Gasteiger partial charge in [-0.1, -0.05) is 65.7 Å². The summed E-state index contributed by atoms with van der Waals surface area (Å²) >= 11 is 12.2. The Morgan fingerprint density at radius 3 is 2.49 bits per heavy atom. The van der Waals surface area contributed by atoms with E-state index in [2.05, 4.69) is 15.5 Å². The molecule has 8 heteroatoms. The van der Waals surface area contributed by atoms with Gasteiger partial charge in [0.1, 0.15) is 18.5 Å². The van der Waals surface area contributed by atoms with Crippen LogP contribution < -0.4 is 15.4 Å². The lowest BCUT2D eigenvalue weighted by Gasteiger charge is -2.33. The second-order valence-electron chi connectivity index (χ2n) is 9.43. The number of hydrogen-bond acceptors (Lipinski definition) is 5. The molecular weight excluding hydrogens is 509 g/mol. The Kier molecular flexibility index (Phi) is 9.83. The van der Waals surface area contributed by atoms with Gasteiger partial charge >= 0.3 is 0 Å². The first kappa shape index (κ1) is 27.4. The van der Waals surface area contributed by atoms with Crippen molar-refractivity contribution in [3.05, 3.63) is 82.3 Å². The number of aliphatic hydroxyl groups is 1. The van der Waals surface area contributed by atoms with Gasteiger partial charge < -0.3 is 20.5 Å². The number of nitrogens with zero attached hydrogens (tertiary/aromatic N) is 1. The first-order chi connectivity index (χ1) is 17.9. The van der Waals surface area contributed by atoms with Gasteiger partial charge in [0.05, 0.1) is 15.7 Å². The molecule has 0 bridgehead atoms. The number of anilines is 1. The van der Waals surface area contributed by atoms with Gasteiger partial charge in [-0.25, -0.2) is 0 Å². The molecule has 0 radical (unpaired) electrons. The van der Waals surface area contributed by atoms with Crippen LogP contribution in [0.25, 0.3) is 11.1 Å². The van der Waals surface area contributed by atoms with E-state index in [1.165, 1.54) is 6.92 Å². The standard InChI is InChI=1S/C29H33Cl2N3O3/c1-20(35)33-28-16-23(22-5-3-2-4-6-22)8-10-29(28)37-19-25(36)17-32-24-11-13-34(14-12-24)18-21-7-9-26(30)27(31)15-21/h2-10,15-16,24-25,32,36H,11-14,17-19H2,1H3,(H,33,35)/t25-/m1/s1. The van der Waals surface area contributed by atoms with Crippen molar-refractivity contribution < 1.29 is 14.6 Å². The Morgan fingerprint density at radius 1 is 1.03 bits per heavy atom. The molecule has 3 N–H and O–H groups in total. The van der Waals surface area contributed by atoms with Crippen LogP contribution in [0.3, 0.4) is 0 Å². The van der Waals surface area contributed by atoms with Crippen LogP contribution in [0, 0.1) is 0 Å². The highest BCUT2D eigenvalue weighted by Gasteiger charge is 2.20. The van der Waals surface area contributed by atoms with Crippen LogP contribution in [0.1, 0.15) is 25.3 Å². The summed E-state index contributed by atoms with van der Waals surface area (Å²) in [7, 11) is 0. The smallest absolute Gasteiger partial charge is 0.221 e. The lowest BCUT2D eigenvalue weighted by atomic mass is 10.0. The lowest BCUT2D eigenvalue weighted by Crippen LogP contribution is -2.45. The molecule has 1 atom stereocenters. The Morgan fingerprint density at radius 2 is 1.78 bits per heavy atom. The fourth-order valence-corrected chi connectivity index (χ4v) is 4.81. The van der Waals surface area contributed by atoms with E-state index < -0.39 is 6.10 Å². The summed E-state index contributed by atoms with van der Waals surface area (Å²) in [6.07, 6.45) is 1.33. The zero-order valence-electron chi connectivity index (χ0n) is 20.9. The van der Waals surface area contributed by atoms with Gasteiger partial charge in [0.2, 0.25) is 5.91 Å². The van der Waals surface area contributed by atoms with Crippen molar-refractivity contribution in [3.63, 3.8) is 0 Å². The van der Waals surface area contributed by atoms with Gasteiger partial charge in [-0.2, -0.15) is 0 Å². The molecule has 0 aromatic heterocycles. The van der Waals surface area contributed by atoms with Gasteiger partial charge in [-0.15, -0.1) is 0 Å². The second kappa shape index (κ2) is 13.3. The summed E-state index contributed by atoms with van der Waals surface area (Å²) < 4.78 is 5.90. The zero-order valence-corrected chi connectivity index (χ0v) is 22.4. The zero-order chi connectivity index (χ0) is 26.2. The number of benzene rings is 3. The minimum Gasteiger partial charge on any atom is -0.489 e. The number of rotatable bonds is 10. The number of nitrogens with one attached hydrogen (secondary N) is 2. The first-order valence-electron chi connectivity index (χ1n) is 12.5. The molecule has 1 heterocycles. The van der Waals surface area contributed by atoms with Crippen molar-refractivity contribution >= 4 is 34.8 Å². The molecule has 6 nitrogen and oxygen atoms in total. The van der Waals surface area contributed by atoms with Crippen LogP contribution in [0.15, 0.2) is 66.7 Å². The van der Waals surface area contributed by atoms with Crippen molar-refractivity contribution in [2.75, 3.05) is 31.6 Å². The predicted molar refractivity (Wildman–Crippen MR) is 150 cm³/mol. The minimum absolute atomic E-state index is 0.125. The number of hydrogen-bond donors (Lipinski definition) is 3. The molecule has 0 unspecified atom stereocenters. The maximum absolute atomic E-state index is 11.7. The van der Waals surface area contributed by atoms with Gasteiger partial charge in [-0.3, -0.25) is 9.69 Å². The Labute approximate surface area is 228 Å². The molecule has 0 saturated carbocycles. The molecule has 196 valence electrons. The molecule has 1 aliphatic rings. The van der Waals surface area contributed by atoms with Crippen molar-refractivity contribution in [2.45, 2.75) is 38.5 Å². The number of aliphatic hydroxyl groups excluding tert-OH is 1. The maximum Gasteiger partial charge on any atom is 0.221 e. The molecule has 1 aliphatic heterocycles. The quantitative estimate of drug-likeness (QED) is 0.311. The number of likely N-dealkylation sites (tertiary alicyclic amines) is 1. The average Bonchev–Trinajstić information content (AvgIpc) is 2.90. The van der Waals surface area contributed by atoms with E-state index in [-0.39, 0.29) is 12.5 Å². The number of piperidine rings is 1. The van der Waals surface area contributed by atoms with E-state index >= 15 is 0 Å². The third-order valence-electron chi connectivity index (χ3n) is 6.45. The molecule has 4 rings (SSSR count). The summed E-state index contributed by atoms with van der Waals surface area (Å²) in [5.74, 6) is 0.354. The number of halogens is 2. The Hall–Kier alpha value is -2.61. The highest BCUT2D eigenvalue weighted by atomic mass is 35.5. The van der Waals surface area contributed by atoms with Gasteiger partial charge in [-0.05, 0) is 66.9 Å².